The highest BCUT2D eigenvalue weighted by Crippen LogP contribution is 2.18. The minimum Gasteiger partial charge on any atom is -0.339 e. The first-order valence-corrected chi connectivity index (χ1v) is 6.60. The summed E-state index contributed by atoms with van der Waals surface area (Å²) < 4.78 is 0. The van der Waals surface area contributed by atoms with Gasteiger partial charge in [-0.25, -0.2) is 0 Å². The van der Waals surface area contributed by atoms with Crippen LogP contribution in [-0.4, -0.2) is 47.2 Å². The number of amides is 1. The molecule has 0 spiro atoms. The normalized spacial score (nSPS) is 20.5. The lowest BCUT2D eigenvalue weighted by atomic mass is 10.1. The van der Waals surface area contributed by atoms with Gasteiger partial charge >= 0.3 is 0 Å². The molecule has 5 heteroatoms. The number of rotatable bonds is 2. The topological polar surface area (TPSA) is 61.0 Å². The van der Waals surface area contributed by atoms with Gasteiger partial charge in [-0.2, -0.15) is 5.10 Å². The highest BCUT2D eigenvalue weighted by Gasteiger charge is 2.25. The summed E-state index contributed by atoms with van der Waals surface area (Å²) >= 11 is 0. The molecule has 2 N–H and O–H groups in total. The summed E-state index contributed by atoms with van der Waals surface area (Å²) in [5.41, 5.74) is 2.38. The maximum absolute atomic E-state index is 12.5. The molecule has 18 heavy (non-hydrogen) atoms. The fourth-order valence-corrected chi connectivity index (χ4v) is 2.60. The van der Waals surface area contributed by atoms with Crippen molar-refractivity contribution in [2.75, 3.05) is 20.1 Å². The Bertz CT molecular complexity index is 399. The zero-order chi connectivity index (χ0) is 13.1. The second-order valence-electron chi connectivity index (χ2n) is 5.06. The van der Waals surface area contributed by atoms with Crippen molar-refractivity contribution >= 4 is 5.91 Å². The number of aromatic nitrogens is 2. The third-order valence-corrected chi connectivity index (χ3v) is 3.76. The van der Waals surface area contributed by atoms with E-state index in [-0.39, 0.29) is 5.91 Å². The molecular weight excluding hydrogens is 228 g/mol. The molecule has 1 unspecified atom stereocenters. The maximum Gasteiger partial charge on any atom is 0.257 e. The van der Waals surface area contributed by atoms with E-state index in [1.54, 1.807) is 0 Å². The van der Waals surface area contributed by atoms with Crippen LogP contribution in [0.3, 0.4) is 0 Å². The van der Waals surface area contributed by atoms with Crippen LogP contribution in [0.2, 0.25) is 0 Å². The first-order chi connectivity index (χ1) is 8.61. The van der Waals surface area contributed by atoms with Gasteiger partial charge in [0.2, 0.25) is 0 Å². The molecule has 0 saturated carbocycles. The van der Waals surface area contributed by atoms with Crippen molar-refractivity contribution in [1.82, 2.24) is 20.4 Å². The predicted octanol–water partition coefficient (Wildman–Crippen LogP) is 1.24. The second-order valence-corrected chi connectivity index (χ2v) is 5.06. The zero-order valence-electron chi connectivity index (χ0n) is 11.4. The molecule has 0 aliphatic carbocycles. The lowest BCUT2D eigenvalue weighted by Crippen LogP contribution is -2.38. The predicted molar refractivity (Wildman–Crippen MR) is 70.7 cm³/mol. The van der Waals surface area contributed by atoms with Crippen LogP contribution in [0, 0.1) is 13.8 Å². The van der Waals surface area contributed by atoms with Gasteiger partial charge in [0.15, 0.2) is 0 Å². The van der Waals surface area contributed by atoms with E-state index < -0.39 is 0 Å². The van der Waals surface area contributed by atoms with E-state index in [2.05, 4.69) is 15.5 Å². The van der Waals surface area contributed by atoms with Crippen LogP contribution in [-0.2, 0) is 0 Å². The number of hydrogen-bond acceptors (Lipinski definition) is 3. The number of H-pyrrole nitrogens is 1. The Kier molecular flexibility index (Phi) is 4.01. The Morgan fingerprint density at radius 3 is 2.78 bits per heavy atom. The average Bonchev–Trinajstić information content (AvgIpc) is 2.61. The molecule has 2 rings (SSSR count). The average molecular weight is 250 g/mol. The Labute approximate surface area is 108 Å². The lowest BCUT2D eigenvalue weighted by molar-refractivity contribution is 0.0719. The van der Waals surface area contributed by atoms with Crippen molar-refractivity contribution in [3.8, 4) is 0 Å². The van der Waals surface area contributed by atoms with Gasteiger partial charge in [-0.15, -0.1) is 0 Å². The molecule has 0 aromatic carbocycles. The first-order valence-electron chi connectivity index (χ1n) is 6.60. The maximum atomic E-state index is 12.5. The highest BCUT2D eigenvalue weighted by atomic mass is 16.2. The molecule has 0 bridgehead atoms. The van der Waals surface area contributed by atoms with Crippen molar-refractivity contribution in [2.24, 2.45) is 0 Å². The molecule has 0 radical (unpaired) electrons. The number of carbonyl (C=O) groups excluding carboxylic acids is 1. The van der Waals surface area contributed by atoms with E-state index in [0.717, 1.165) is 49.3 Å². The van der Waals surface area contributed by atoms with Crippen molar-refractivity contribution in [3.05, 3.63) is 17.0 Å². The number of nitrogens with zero attached hydrogens (tertiary/aromatic N) is 2. The van der Waals surface area contributed by atoms with Crippen LogP contribution in [0.15, 0.2) is 0 Å². The Hall–Kier alpha value is -1.36. The van der Waals surface area contributed by atoms with E-state index in [1.807, 2.05) is 25.8 Å². The fraction of sp³-hybridized carbons (Fsp3) is 0.692. The van der Waals surface area contributed by atoms with Crippen LogP contribution in [0.4, 0.5) is 0 Å². The summed E-state index contributed by atoms with van der Waals surface area (Å²) in [6.45, 7) is 5.82. The third kappa shape index (κ3) is 2.56. The molecule has 5 nitrogen and oxygen atoms in total. The fourth-order valence-electron chi connectivity index (χ4n) is 2.60. The minimum atomic E-state index is 0.0886. The molecule has 1 aromatic rings. The Balaban J connectivity index is 2.12. The minimum absolute atomic E-state index is 0.0886. The largest absolute Gasteiger partial charge is 0.339 e. The summed E-state index contributed by atoms with van der Waals surface area (Å²) in [7, 11) is 1.91. The summed E-state index contributed by atoms with van der Waals surface area (Å²) in [6.07, 6.45) is 3.23. The van der Waals surface area contributed by atoms with Crippen LogP contribution in [0.5, 0.6) is 0 Å². The van der Waals surface area contributed by atoms with Gasteiger partial charge in [0.1, 0.15) is 0 Å². The van der Waals surface area contributed by atoms with Gasteiger partial charge in [-0.1, -0.05) is 0 Å². The number of hydrogen-bond donors (Lipinski definition) is 2. The Morgan fingerprint density at radius 2 is 2.11 bits per heavy atom. The van der Waals surface area contributed by atoms with Crippen molar-refractivity contribution in [1.29, 1.82) is 0 Å². The molecule has 1 amide bonds. The van der Waals surface area contributed by atoms with Gasteiger partial charge in [0, 0.05) is 18.8 Å². The van der Waals surface area contributed by atoms with Gasteiger partial charge < -0.3 is 10.2 Å². The van der Waals surface area contributed by atoms with E-state index >= 15 is 0 Å². The standard InChI is InChI=1S/C13H22N4O/c1-9-12(10(2)16-15-9)13(18)17(3)11-5-4-7-14-8-6-11/h11,14H,4-8H2,1-3H3,(H,15,16). The summed E-state index contributed by atoms with van der Waals surface area (Å²) in [6, 6.07) is 0.334. The monoisotopic (exact) mass is 250 g/mol. The molecule has 1 saturated heterocycles. The molecule has 1 aliphatic rings. The van der Waals surface area contributed by atoms with Gasteiger partial charge in [0.25, 0.3) is 5.91 Å². The summed E-state index contributed by atoms with van der Waals surface area (Å²) in [4.78, 5) is 14.4. The van der Waals surface area contributed by atoms with Crippen LogP contribution >= 0.6 is 0 Å². The van der Waals surface area contributed by atoms with Crippen molar-refractivity contribution in [3.63, 3.8) is 0 Å². The number of carbonyl (C=O) groups is 1. The summed E-state index contributed by atoms with van der Waals surface area (Å²) in [5, 5.41) is 10.3. The smallest absolute Gasteiger partial charge is 0.257 e. The SMILES string of the molecule is Cc1n[nH]c(C)c1C(=O)N(C)C1CCCNCC1. The second kappa shape index (κ2) is 5.52. The number of aromatic amines is 1. The van der Waals surface area contributed by atoms with Crippen LogP contribution < -0.4 is 5.32 Å². The lowest BCUT2D eigenvalue weighted by Gasteiger charge is -2.27. The molecule has 1 aliphatic heterocycles. The van der Waals surface area contributed by atoms with Gasteiger partial charge in [-0.3, -0.25) is 9.89 Å². The number of aryl methyl sites for hydroxylation is 2. The Morgan fingerprint density at radius 1 is 1.33 bits per heavy atom. The molecule has 2 heterocycles. The van der Waals surface area contributed by atoms with E-state index in [1.165, 1.54) is 0 Å². The van der Waals surface area contributed by atoms with E-state index in [4.69, 9.17) is 0 Å². The highest BCUT2D eigenvalue weighted by molar-refractivity contribution is 5.96. The van der Waals surface area contributed by atoms with Crippen LogP contribution in [0.25, 0.3) is 0 Å². The summed E-state index contributed by atoms with van der Waals surface area (Å²) in [5.74, 6) is 0.0886. The van der Waals surface area contributed by atoms with Crippen molar-refractivity contribution < 1.29 is 4.79 Å². The third-order valence-electron chi connectivity index (χ3n) is 3.76. The molecule has 1 fully saturated rings. The molecular formula is C13H22N4O. The first kappa shape index (κ1) is 13.1. The van der Waals surface area contributed by atoms with E-state index in [9.17, 15) is 4.79 Å². The van der Waals surface area contributed by atoms with Crippen LogP contribution in [0.1, 0.15) is 41.0 Å². The molecule has 1 aromatic heterocycles. The number of nitrogens with one attached hydrogen (secondary N) is 2. The van der Waals surface area contributed by atoms with E-state index in [0.29, 0.717) is 6.04 Å². The quantitative estimate of drug-likeness (QED) is 0.830. The molecule has 1 atom stereocenters. The molecule has 100 valence electrons. The zero-order valence-corrected chi connectivity index (χ0v) is 11.4. The van der Waals surface area contributed by atoms with Crippen molar-refractivity contribution in [2.45, 2.75) is 39.2 Å². The van der Waals surface area contributed by atoms with Gasteiger partial charge in [0.05, 0.1) is 11.3 Å². The van der Waals surface area contributed by atoms with Gasteiger partial charge in [-0.05, 0) is 46.2 Å².